The minimum Gasteiger partial charge on any atom is -0.444 e. The SMILES string of the molecule is CCC(CC)C1CN=C(NC(C)c2ncc(C)o2)S1. The van der Waals surface area contributed by atoms with Gasteiger partial charge in [0.2, 0.25) is 5.89 Å². The van der Waals surface area contributed by atoms with Gasteiger partial charge in [-0.25, -0.2) is 4.98 Å². The summed E-state index contributed by atoms with van der Waals surface area (Å²) in [6.45, 7) is 9.42. The van der Waals surface area contributed by atoms with Crippen LogP contribution < -0.4 is 5.32 Å². The lowest BCUT2D eigenvalue weighted by molar-refractivity contribution is 0.430. The molecule has 0 bridgehead atoms. The highest BCUT2D eigenvalue weighted by Crippen LogP contribution is 2.31. The van der Waals surface area contributed by atoms with Crippen LogP contribution in [0.5, 0.6) is 0 Å². The Bertz CT molecular complexity index is 440. The lowest BCUT2D eigenvalue weighted by atomic mass is 9.99. The second-order valence-corrected chi connectivity index (χ2v) is 6.28. The second-order valence-electron chi connectivity index (χ2n) is 5.05. The van der Waals surface area contributed by atoms with Crippen LogP contribution in [-0.2, 0) is 0 Å². The Morgan fingerprint density at radius 2 is 2.21 bits per heavy atom. The average molecular weight is 281 g/mol. The topological polar surface area (TPSA) is 50.4 Å². The molecular formula is C14H23N3OS. The van der Waals surface area contributed by atoms with Gasteiger partial charge in [0, 0.05) is 5.25 Å². The molecule has 0 radical (unpaired) electrons. The van der Waals surface area contributed by atoms with Crippen LogP contribution in [0.1, 0.15) is 51.3 Å². The van der Waals surface area contributed by atoms with E-state index in [1.807, 2.05) is 18.7 Å². The molecule has 1 aromatic heterocycles. The van der Waals surface area contributed by atoms with Gasteiger partial charge in [0.25, 0.3) is 0 Å². The van der Waals surface area contributed by atoms with Crippen LogP contribution in [0.15, 0.2) is 15.6 Å². The molecule has 0 saturated carbocycles. The van der Waals surface area contributed by atoms with Gasteiger partial charge in [0.15, 0.2) is 5.17 Å². The van der Waals surface area contributed by atoms with Gasteiger partial charge in [-0.2, -0.15) is 0 Å². The summed E-state index contributed by atoms with van der Waals surface area (Å²) in [6.07, 6.45) is 4.21. The first kappa shape index (κ1) is 14.4. The van der Waals surface area contributed by atoms with Crippen molar-refractivity contribution in [1.29, 1.82) is 0 Å². The van der Waals surface area contributed by atoms with E-state index in [0.717, 1.165) is 29.3 Å². The lowest BCUT2D eigenvalue weighted by Gasteiger charge is -2.19. The monoisotopic (exact) mass is 281 g/mol. The van der Waals surface area contributed by atoms with Gasteiger partial charge in [0.05, 0.1) is 12.7 Å². The van der Waals surface area contributed by atoms with Crippen LogP contribution >= 0.6 is 11.8 Å². The third-order valence-electron chi connectivity index (χ3n) is 3.60. The number of aliphatic imine (C=N–C) groups is 1. The number of hydrogen-bond donors (Lipinski definition) is 1. The third kappa shape index (κ3) is 3.53. The van der Waals surface area contributed by atoms with Gasteiger partial charge in [-0.15, -0.1) is 0 Å². The van der Waals surface area contributed by atoms with Gasteiger partial charge >= 0.3 is 0 Å². The van der Waals surface area contributed by atoms with E-state index in [-0.39, 0.29) is 6.04 Å². The highest BCUT2D eigenvalue weighted by atomic mass is 32.2. The first-order valence-corrected chi connectivity index (χ1v) is 7.92. The van der Waals surface area contributed by atoms with Crippen molar-refractivity contribution in [1.82, 2.24) is 10.3 Å². The van der Waals surface area contributed by atoms with Crippen molar-refractivity contribution in [2.75, 3.05) is 6.54 Å². The Morgan fingerprint density at radius 1 is 1.47 bits per heavy atom. The average Bonchev–Trinajstić information content (AvgIpc) is 3.00. The largest absolute Gasteiger partial charge is 0.444 e. The Kier molecular flexibility index (Phi) is 4.91. The fraction of sp³-hybridized carbons (Fsp3) is 0.714. The Morgan fingerprint density at radius 3 is 2.79 bits per heavy atom. The number of rotatable bonds is 5. The van der Waals surface area contributed by atoms with Crippen LogP contribution in [0, 0.1) is 12.8 Å². The molecule has 2 rings (SSSR count). The summed E-state index contributed by atoms with van der Waals surface area (Å²) < 4.78 is 5.53. The molecule has 106 valence electrons. The molecular weight excluding hydrogens is 258 g/mol. The number of aryl methyl sites for hydroxylation is 1. The number of hydrogen-bond acceptors (Lipinski definition) is 5. The highest BCUT2D eigenvalue weighted by Gasteiger charge is 2.27. The van der Waals surface area contributed by atoms with Crippen molar-refractivity contribution in [3.63, 3.8) is 0 Å². The molecule has 4 nitrogen and oxygen atoms in total. The molecule has 1 N–H and O–H groups in total. The molecule has 2 atom stereocenters. The van der Waals surface area contributed by atoms with Gasteiger partial charge in [-0.05, 0) is 19.8 Å². The van der Waals surface area contributed by atoms with Crippen LogP contribution in [0.2, 0.25) is 0 Å². The van der Waals surface area contributed by atoms with E-state index in [9.17, 15) is 0 Å². The van der Waals surface area contributed by atoms with Crippen molar-refractivity contribution in [3.05, 3.63) is 17.8 Å². The summed E-state index contributed by atoms with van der Waals surface area (Å²) >= 11 is 1.87. The van der Waals surface area contributed by atoms with Crippen molar-refractivity contribution < 1.29 is 4.42 Å². The maximum atomic E-state index is 5.53. The molecule has 19 heavy (non-hydrogen) atoms. The van der Waals surface area contributed by atoms with Crippen molar-refractivity contribution in [2.24, 2.45) is 10.9 Å². The number of nitrogens with one attached hydrogen (secondary N) is 1. The zero-order valence-corrected chi connectivity index (χ0v) is 13.0. The fourth-order valence-electron chi connectivity index (χ4n) is 2.35. The molecule has 0 saturated heterocycles. The van der Waals surface area contributed by atoms with E-state index in [1.165, 1.54) is 12.8 Å². The van der Waals surface area contributed by atoms with Crippen molar-refractivity contribution >= 4 is 16.9 Å². The van der Waals surface area contributed by atoms with Crippen LogP contribution in [0.25, 0.3) is 0 Å². The molecule has 2 heterocycles. The second kappa shape index (κ2) is 6.46. The summed E-state index contributed by atoms with van der Waals surface area (Å²) in [7, 11) is 0. The van der Waals surface area contributed by atoms with E-state index in [4.69, 9.17) is 4.42 Å². The van der Waals surface area contributed by atoms with Gasteiger partial charge < -0.3 is 9.73 Å². The number of amidine groups is 1. The highest BCUT2D eigenvalue weighted by molar-refractivity contribution is 8.14. The fourth-order valence-corrected chi connectivity index (χ4v) is 3.76. The molecule has 0 spiro atoms. The quantitative estimate of drug-likeness (QED) is 0.897. The predicted octanol–water partition coefficient (Wildman–Crippen LogP) is 3.54. The Balaban J connectivity index is 1.88. The molecule has 1 aliphatic rings. The number of oxazole rings is 1. The summed E-state index contributed by atoms with van der Waals surface area (Å²) in [4.78, 5) is 8.86. The smallest absolute Gasteiger partial charge is 0.216 e. The molecule has 0 aliphatic carbocycles. The summed E-state index contributed by atoms with van der Waals surface area (Å²) in [5.41, 5.74) is 0. The van der Waals surface area contributed by atoms with E-state index in [2.05, 4.69) is 36.1 Å². The van der Waals surface area contributed by atoms with E-state index in [1.54, 1.807) is 6.20 Å². The Hall–Kier alpha value is -0.970. The normalized spacial score (nSPS) is 20.7. The molecule has 5 heteroatoms. The van der Waals surface area contributed by atoms with Gasteiger partial charge in [0.1, 0.15) is 11.8 Å². The number of nitrogens with zero attached hydrogens (tertiary/aromatic N) is 2. The van der Waals surface area contributed by atoms with Crippen LogP contribution in [0.3, 0.4) is 0 Å². The summed E-state index contributed by atoms with van der Waals surface area (Å²) in [5.74, 6) is 2.33. The van der Waals surface area contributed by atoms with Gasteiger partial charge in [-0.1, -0.05) is 38.5 Å². The standard InChI is InChI=1S/C14H23N3OS/c1-5-11(6-2)12-8-16-14(19-12)17-10(4)13-15-7-9(3)18-13/h7,10-12H,5-6,8H2,1-4H3,(H,16,17). The van der Waals surface area contributed by atoms with E-state index >= 15 is 0 Å². The maximum Gasteiger partial charge on any atom is 0.216 e. The zero-order valence-electron chi connectivity index (χ0n) is 12.1. The lowest BCUT2D eigenvalue weighted by Crippen LogP contribution is -2.24. The van der Waals surface area contributed by atoms with Crippen LogP contribution in [-0.4, -0.2) is 21.9 Å². The maximum absolute atomic E-state index is 5.53. The van der Waals surface area contributed by atoms with E-state index < -0.39 is 0 Å². The minimum absolute atomic E-state index is 0.0698. The van der Waals surface area contributed by atoms with Gasteiger partial charge in [-0.3, -0.25) is 4.99 Å². The molecule has 0 amide bonds. The Labute approximate surface area is 119 Å². The predicted molar refractivity (Wildman–Crippen MR) is 80.5 cm³/mol. The zero-order chi connectivity index (χ0) is 13.8. The number of aromatic nitrogens is 1. The first-order valence-electron chi connectivity index (χ1n) is 7.04. The molecule has 0 aromatic carbocycles. The molecule has 0 fully saturated rings. The molecule has 2 unspecified atom stereocenters. The minimum atomic E-state index is 0.0698. The summed E-state index contributed by atoms with van der Waals surface area (Å²) in [5, 5.41) is 5.05. The van der Waals surface area contributed by atoms with E-state index in [0.29, 0.717) is 5.25 Å². The third-order valence-corrected chi connectivity index (χ3v) is 4.91. The number of thioether (sulfide) groups is 1. The molecule has 1 aliphatic heterocycles. The molecule has 1 aromatic rings. The first-order chi connectivity index (χ1) is 9.13. The van der Waals surface area contributed by atoms with Crippen molar-refractivity contribution in [3.8, 4) is 0 Å². The van der Waals surface area contributed by atoms with Crippen LogP contribution in [0.4, 0.5) is 0 Å². The summed E-state index contributed by atoms with van der Waals surface area (Å²) in [6, 6.07) is 0.0698. The van der Waals surface area contributed by atoms with Crippen molar-refractivity contribution in [2.45, 2.75) is 51.8 Å².